The summed E-state index contributed by atoms with van der Waals surface area (Å²) in [5.41, 5.74) is 5.43. The summed E-state index contributed by atoms with van der Waals surface area (Å²) >= 11 is 0. The summed E-state index contributed by atoms with van der Waals surface area (Å²) in [5.74, 6) is -1.03. The van der Waals surface area contributed by atoms with Crippen LogP contribution in [0.4, 0.5) is 4.79 Å². The molecule has 1 aliphatic heterocycles. The molecule has 0 aliphatic carbocycles. The lowest BCUT2D eigenvalue weighted by atomic mass is 9.99. The molecule has 0 saturated carbocycles. The number of sulfonamides is 1. The first-order chi connectivity index (χ1) is 15.7. The number of hydrogen-bond acceptors (Lipinski definition) is 7. The van der Waals surface area contributed by atoms with Crippen molar-refractivity contribution < 1.29 is 27.5 Å². The van der Waals surface area contributed by atoms with E-state index < -0.39 is 33.6 Å². The van der Waals surface area contributed by atoms with Gasteiger partial charge in [-0.25, -0.2) is 13.2 Å². The minimum Gasteiger partial charge on any atom is -0.434 e. The van der Waals surface area contributed by atoms with Crippen molar-refractivity contribution in [3.63, 3.8) is 0 Å². The fourth-order valence-electron chi connectivity index (χ4n) is 3.96. The van der Waals surface area contributed by atoms with Gasteiger partial charge in [0, 0.05) is 30.2 Å². The normalized spacial score (nSPS) is 17.3. The molecule has 176 valence electrons. The number of rotatable bonds is 6. The van der Waals surface area contributed by atoms with Crippen molar-refractivity contribution in [3.8, 4) is 5.75 Å². The number of aromatic nitrogens is 2. The Morgan fingerprint density at radius 1 is 1.30 bits per heavy atom. The van der Waals surface area contributed by atoms with E-state index in [-0.39, 0.29) is 41.2 Å². The van der Waals surface area contributed by atoms with E-state index >= 15 is 0 Å². The lowest BCUT2D eigenvalue weighted by Gasteiger charge is -2.30. The summed E-state index contributed by atoms with van der Waals surface area (Å²) in [6, 6.07) is 4.27. The van der Waals surface area contributed by atoms with Crippen LogP contribution in [-0.2, 0) is 19.6 Å². The van der Waals surface area contributed by atoms with Gasteiger partial charge in [-0.2, -0.15) is 4.31 Å². The van der Waals surface area contributed by atoms with Crippen LogP contribution in [0, 0.1) is 5.92 Å². The van der Waals surface area contributed by atoms with Gasteiger partial charge in [0.1, 0.15) is 5.52 Å². The summed E-state index contributed by atoms with van der Waals surface area (Å²) < 4.78 is 38.1. The third-order valence-corrected chi connectivity index (χ3v) is 7.48. The van der Waals surface area contributed by atoms with Crippen LogP contribution in [0.5, 0.6) is 5.75 Å². The van der Waals surface area contributed by atoms with E-state index in [4.69, 9.17) is 15.2 Å². The number of benzene rings is 1. The van der Waals surface area contributed by atoms with Gasteiger partial charge in [0.05, 0.1) is 22.8 Å². The number of aromatic amines is 2. The Kier molecular flexibility index (Phi) is 6.13. The summed E-state index contributed by atoms with van der Waals surface area (Å²) in [6.07, 6.45) is 2.09. The van der Waals surface area contributed by atoms with Crippen molar-refractivity contribution in [2.75, 3.05) is 19.7 Å². The number of piperidine rings is 1. The minimum absolute atomic E-state index is 0.0124. The molecule has 11 nitrogen and oxygen atoms in total. The molecule has 1 aliphatic rings. The third kappa shape index (κ3) is 4.31. The van der Waals surface area contributed by atoms with Crippen molar-refractivity contribution in [1.29, 1.82) is 0 Å². The van der Waals surface area contributed by atoms with E-state index in [1.807, 2.05) is 6.92 Å². The third-order valence-electron chi connectivity index (χ3n) is 5.62. The van der Waals surface area contributed by atoms with E-state index in [1.165, 1.54) is 28.7 Å². The van der Waals surface area contributed by atoms with E-state index in [0.717, 1.165) is 0 Å². The zero-order valence-electron chi connectivity index (χ0n) is 17.9. The van der Waals surface area contributed by atoms with Gasteiger partial charge in [-0.1, -0.05) is 6.92 Å². The lowest BCUT2D eigenvalue weighted by molar-refractivity contribution is -0.122. The Labute approximate surface area is 188 Å². The van der Waals surface area contributed by atoms with Crippen molar-refractivity contribution >= 4 is 43.9 Å². The van der Waals surface area contributed by atoms with Crippen LogP contribution in [0.15, 0.2) is 34.1 Å². The van der Waals surface area contributed by atoms with Crippen LogP contribution >= 0.6 is 0 Å². The molecule has 12 heteroatoms. The van der Waals surface area contributed by atoms with Gasteiger partial charge in [0.2, 0.25) is 15.9 Å². The molecule has 0 radical (unpaired) electrons. The monoisotopic (exact) mass is 476 g/mol. The Bertz CT molecular complexity index is 1390. The number of H-pyrrole nitrogens is 2. The number of carbonyl (C=O) groups excluding carboxylic acids is 2. The second kappa shape index (κ2) is 8.87. The van der Waals surface area contributed by atoms with Crippen LogP contribution in [0.1, 0.15) is 26.2 Å². The summed E-state index contributed by atoms with van der Waals surface area (Å²) in [6.45, 7) is 2.29. The predicted molar refractivity (Wildman–Crippen MR) is 119 cm³/mol. The van der Waals surface area contributed by atoms with Crippen molar-refractivity contribution in [3.05, 3.63) is 34.7 Å². The Balaban J connectivity index is 1.79. The summed E-state index contributed by atoms with van der Waals surface area (Å²) in [4.78, 5) is 41.5. The number of fused-ring (bicyclic) bond motifs is 3. The van der Waals surface area contributed by atoms with Crippen molar-refractivity contribution in [2.24, 2.45) is 11.7 Å². The van der Waals surface area contributed by atoms with Gasteiger partial charge in [-0.3, -0.25) is 9.59 Å². The second-order valence-electron chi connectivity index (χ2n) is 7.87. The number of amides is 1. The van der Waals surface area contributed by atoms with Crippen LogP contribution in [0.2, 0.25) is 0 Å². The standard InChI is InChI=1S/C21H24N4O7S/c1-2-8-31-21(28)32-16-10-23-18-17(16)14-9-13(5-6-15(14)24-20(18)27)33(29,30)25-7-3-4-12(11-25)19(22)26/h5-6,9-10,12,23H,2-4,7-8,11H2,1H3,(H2,22,26)(H,24,27). The molecule has 1 fully saturated rings. The number of ether oxygens (including phenoxy) is 2. The number of primary amides is 1. The van der Waals surface area contributed by atoms with Gasteiger partial charge in [0.15, 0.2) is 5.75 Å². The molecule has 3 heterocycles. The fourth-order valence-corrected chi connectivity index (χ4v) is 5.51. The van der Waals surface area contributed by atoms with Gasteiger partial charge in [-0.15, -0.1) is 0 Å². The number of hydrogen-bond donors (Lipinski definition) is 3. The number of nitrogens with zero attached hydrogens (tertiary/aromatic N) is 1. The highest BCUT2D eigenvalue weighted by atomic mass is 32.2. The molecule has 33 heavy (non-hydrogen) atoms. The molecular weight excluding hydrogens is 452 g/mol. The largest absolute Gasteiger partial charge is 0.513 e. The Hall–Kier alpha value is -3.38. The molecule has 0 bridgehead atoms. The van der Waals surface area contributed by atoms with Gasteiger partial charge in [-0.05, 0) is 37.5 Å². The van der Waals surface area contributed by atoms with Crippen LogP contribution in [-0.4, -0.2) is 54.4 Å². The maximum absolute atomic E-state index is 13.3. The fraction of sp³-hybridized carbons (Fsp3) is 0.381. The van der Waals surface area contributed by atoms with Crippen LogP contribution < -0.4 is 16.0 Å². The average molecular weight is 477 g/mol. The first kappa shape index (κ1) is 22.8. The maximum Gasteiger partial charge on any atom is 0.513 e. The van der Waals surface area contributed by atoms with Gasteiger partial charge >= 0.3 is 6.16 Å². The van der Waals surface area contributed by atoms with Crippen molar-refractivity contribution in [2.45, 2.75) is 31.1 Å². The van der Waals surface area contributed by atoms with E-state index in [2.05, 4.69) is 9.97 Å². The summed E-state index contributed by atoms with van der Waals surface area (Å²) in [5, 5.41) is 0.626. The first-order valence-corrected chi connectivity index (χ1v) is 12.0. The van der Waals surface area contributed by atoms with Crippen molar-refractivity contribution in [1.82, 2.24) is 14.3 Å². The second-order valence-corrected chi connectivity index (χ2v) is 9.81. The molecule has 1 unspecified atom stereocenters. The average Bonchev–Trinajstić information content (AvgIpc) is 3.22. The smallest absolute Gasteiger partial charge is 0.434 e. The maximum atomic E-state index is 13.3. The van der Waals surface area contributed by atoms with Gasteiger partial charge < -0.3 is 25.2 Å². The van der Waals surface area contributed by atoms with Crippen LogP contribution in [0.25, 0.3) is 21.8 Å². The highest BCUT2D eigenvalue weighted by Crippen LogP contribution is 2.33. The molecule has 3 aromatic rings. The van der Waals surface area contributed by atoms with E-state index in [0.29, 0.717) is 30.2 Å². The number of nitrogens with one attached hydrogen (secondary N) is 2. The number of nitrogens with two attached hydrogens (primary N) is 1. The Morgan fingerprint density at radius 3 is 2.82 bits per heavy atom. The molecule has 4 N–H and O–H groups in total. The SMILES string of the molecule is CCCOC(=O)Oc1c[nH]c2c(=O)[nH]c3ccc(S(=O)(=O)N4CCCC(C(N)=O)C4)cc3c12. The number of carbonyl (C=O) groups is 2. The molecule has 2 aromatic heterocycles. The quantitative estimate of drug-likeness (QED) is 0.457. The molecule has 0 spiro atoms. The Morgan fingerprint density at radius 2 is 2.09 bits per heavy atom. The molecule has 1 amide bonds. The molecule has 4 rings (SSSR count). The number of pyridine rings is 1. The zero-order valence-corrected chi connectivity index (χ0v) is 18.7. The first-order valence-electron chi connectivity index (χ1n) is 10.5. The van der Waals surface area contributed by atoms with E-state index in [9.17, 15) is 22.8 Å². The lowest BCUT2D eigenvalue weighted by Crippen LogP contribution is -2.44. The predicted octanol–water partition coefficient (Wildman–Crippen LogP) is 1.82. The molecule has 1 aromatic carbocycles. The molecule has 1 atom stereocenters. The van der Waals surface area contributed by atoms with Crippen LogP contribution in [0.3, 0.4) is 0 Å². The molecule has 1 saturated heterocycles. The highest BCUT2D eigenvalue weighted by Gasteiger charge is 2.32. The van der Waals surface area contributed by atoms with Gasteiger partial charge in [0.25, 0.3) is 5.56 Å². The molecular formula is C21H24N4O7S. The topological polar surface area (TPSA) is 165 Å². The highest BCUT2D eigenvalue weighted by molar-refractivity contribution is 7.89. The zero-order chi connectivity index (χ0) is 23.8. The summed E-state index contributed by atoms with van der Waals surface area (Å²) in [7, 11) is -3.94. The van der Waals surface area contributed by atoms with E-state index in [1.54, 1.807) is 0 Å². The minimum atomic E-state index is -3.94.